The van der Waals surface area contributed by atoms with Crippen molar-refractivity contribution in [2.24, 2.45) is 0 Å². The summed E-state index contributed by atoms with van der Waals surface area (Å²) < 4.78 is 24.8. The first-order valence-corrected chi connectivity index (χ1v) is 10.3. The van der Waals surface area contributed by atoms with E-state index in [1.165, 1.54) is 42.5 Å². The number of benzene rings is 3. The third-order valence-corrected chi connectivity index (χ3v) is 4.59. The summed E-state index contributed by atoms with van der Waals surface area (Å²) in [5.41, 5.74) is 1.25. The van der Waals surface area contributed by atoms with Crippen LogP contribution in [-0.2, 0) is 11.4 Å². The minimum Gasteiger partial charge on any atom is -0.490 e. The van der Waals surface area contributed by atoms with Gasteiger partial charge in [0.25, 0.3) is 5.91 Å². The molecule has 0 radical (unpaired) electrons. The average molecular weight is 460 g/mol. The molecule has 0 spiro atoms. The van der Waals surface area contributed by atoms with E-state index in [-0.39, 0.29) is 29.2 Å². The van der Waals surface area contributed by atoms with Crippen molar-refractivity contribution in [2.45, 2.75) is 13.5 Å². The van der Waals surface area contributed by atoms with Crippen molar-refractivity contribution >= 4 is 23.6 Å². The van der Waals surface area contributed by atoms with Crippen molar-refractivity contribution < 1.29 is 28.6 Å². The van der Waals surface area contributed by atoms with Gasteiger partial charge in [-0.1, -0.05) is 24.3 Å². The van der Waals surface area contributed by atoms with E-state index < -0.39 is 11.9 Å². The first-order chi connectivity index (χ1) is 16.4. The van der Waals surface area contributed by atoms with Crippen LogP contribution in [0.2, 0.25) is 0 Å². The molecule has 1 amide bonds. The van der Waals surface area contributed by atoms with E-state index in [2.05, 4.69) is 5.32 Å². The highest BCUT2D eigenvalue weighted by Crippen LogP contribution is 2.30. The summed E-state index contributed by atoms with van der Waals surface area (Å²) in [6, 6.07) is 18.5. The monoisotopic (exact) mass is 460 g/mol. The molecule has 0 saturated carbocycles. The van der Waals surface area contributed by atoms with E-state index in [0.29, 0.717) is 29.2 Å². The number of aromatic carboxylic acids is 1. The standard InChI is InChI=1S/C26H21FN2O5/c1-2-33-24-13-17(9-10-23(24)34-16-18-5-3-7-21(27)12-18)11-20(15-28)25(30)29-22-8-4-6-19(14-22)26(31)32/h3-14H,2,16H2,1H3,(H,29,30)(H,31,32)/b20-11-. The molecular weight excluding hydrogens is 439 g/mol. The minimum atomic E-state index is -1.13. The predicted octanol–water partition coefficient (Wildman–Crippen LogP) is 5.05. The number of carbonyl (C=O) groups excluding carboxylic acids is 1. The van der Waals surface area contributed by atoms with Gasteiger partial charge in [0.2, 0.25) is 0 Å². The lowest BCUT2D eigenvalue weighted by Gasteiger charge is -2.13. The molecule has 3 aromatic carbocycles. The molecule has 34 heavy (non-hydrogen) atoms. The Morgan fingerprint density at radius 1 is 1.06 bits per heavy atom. The van der Waals surface area contributed by atoms with Crippen LogP contribution in [0.3, 0.4) is 0 Å². The van der Waals surface area contributed by atoms with Gasteiger partial charge >= 0.3 is 5.97 Å². The van der Waals surface area contributed by atoms with Crippen LogP contribution in [-0.4, -0.2) is 23.6 Å². The van der Waals surface area contributed by atoms with Gasteiger partial charge in [0.1, 0.15) is 24.1 Å². The van der Waals surface area contributed by atoms with Gasteiger partial charge in [0.15, 0.2) is 11.5 Å². The summed E-state index contributed by atoms with van der Waals surface area (Å²) >= 11 is 0. The number of anilines is 1. The van der Waals surface area contributed by atoms with Crippen molar-refractivity contribution in [3.05, 3.63) is 94.8 Å². The Morgan fingerprint density at radius 3 is 2.56 bits per heavy atom. The van der Waals surface area contributed by atoms with E-state index in [1.54, 1.807) is 37.3 Å². The fraction of sp³-hybridized carbons (Fsp3) is 0.115. The van der Waals surface area contributed by atoms with Crippen LogP contribution >= 0.6 is 0 Å². The molecule has 0 atom stereocenters. The fourth-order valence-corrected chi connectivity index (χ4v) is 3.03. The second kappa shape index (κ2) is 11.3. The number of rotatable bonds is 9. The number of amides is 1. The Kier molecular flexibility index (Phi) is 7.97. The molecule has 0 heterocycles. The Labute approximate surface area is 195 Å². The molecule has 3 aromatic rings. The molecule has 0 aliphatic rings. The molecule has 0 fully saturated rings. The van der Waals surface area contributed by atoms with Crippen molar-refractivity contribution in [1.29, 1.82) is 5.26 Å². The summed E-state index contributed by atoms with van der Waals surface area (Å²) in [7, 11) is 0. The molecule has 0 aliphatic heterocycles. The van der Waals surface area contributed by atoms with Crippen molar-refractivity contribution in [3.63, 3.8) is 0 Å². The van der Waals surface area contributed by atoms with Gasteiger partial charge in [-0.2, -0.15) is 5.26 Å². The van der Waals surface area contributed by atoms with Crippen LogP contribution in [0, 0.1) is 17.1 Å². The number of hydrogen-bond acceptors (Lipinski definition) is 5. The number of carboxylic acids is 1. The lowest BCUT2D eigenvalue weighted by Crippen LogP contribution is -2.14. The molecule has 0 aromatic heterocycles. The maximum Gasteiger partial charge on any atom is 0.335 e. The van der Waals surface area contributed by atoms with Crippen molar-refractivity contribution in [2.75, 3.05) is 11.9 Å². The van der Waals surface area contributed by atoms with Crippen molar-refractivity contribution in [3.8, 4) is 17.6 Å². The number of ether oxygens (including phenoxy) is 2. The first-order valence-electron chi connectivity index (χ1n) is 10.3. The molecule has 172 valence electrons. The molecule has 0 unspecified atom stereocenters. The van der Waals surface area contributed by atoms with Gasteiger partial charge in [0.05, 0.1) is 12.2 Å². The predicted molar refractivity (Wildman–Crippen MR) is 124 cm³/mol. The summed E-state index contributed by atoms with van der Waals surface area (Å²) in [6.07, 6.45) is 1.38. The normalized spacial score (nSPS) is 10.8. The number of carboxylic acid groups (broad SMARTS) is 1. The van der Waals surface area contributed by atoms with Gasteiger partial charge in [-0.3, -0.25) is 4.79 Å². The first kappa shape index (κ1) is 24.0. The lowest BCUT2D eigenvalue weighted by molar-refractivity contribution is -0.112. The zero-order chi connectivity index (χ0) is 24.5. The van der Waals surface area contributed by atoms with E-state index in [1.807, 2.05) is 6.07 Å². The summed E-state index contributed by atoms with van der Waals surface area (Å²) in [6.45, 7) is 2.29. The maximum absolute atomic E-state index is 13.4. The largest absolute Gasteiger partial charge is 0.490 e. The van der Waals surface area contributed by atoms with Gasteiger partial charge in [0, 0.05) is 5.69 Å². The van der Waals surface area contributed by atoms with Crippen LogP contribution in [0.4, 0.5) is 10.1 Å². The lowest BCUT2D eigenvalue weighted by atomic mass is 10.1. The Morgan fingerprint density at radius 2 is 1.85 bits per heavy atom. The highest BCUT2D eigenvalue weighted by atomic mass is 19.1. The molecule has 7 nitrogen and oxygen atoms in total. The smallest absolute Gasteiger partial charge is 0.335 e. The second-order valence-corrected chi connectivity index (χ2v) is 7.07. The molecule has 0 saturated heterocycles. The Hall–Kier alpha value is -4.64. The number of halogens is 1. The van der Waals surface area contributed by atoms with E-state index in [9.17, 15) is 19.2 Å². The Balaban J connectivity index is 1.78. The van der Waals surface area contributed by atoms with E-state index in [0.717, 1.165) is 0 Å². The molecule has 0 aliphatic carbocycles. The SMILES string of the molecule is CCOc1cc(/C=C(/C#N)C(=O)Nc2cccc(C(=O)O)c2)ccc1OCc1cccc(F)c1. The van der Waals surface area contributed by atoms with Crippen molar-refractivity contribution in [1.82, 2.24) is 0 Å². The van der Waals surface area contributed by atoms with Crippen LogP contribution < -0.4 is 14.8 Å². The molecule has 3 rings (SSSR count). The van der Waals surface area contributed by atoms with E-state index >= 15 is 0 Å². The number of nitriles is 1. The Bertz CT molecular complexity index is 1280. The van der Waals surface area contributed by atoms with Gasteiger partial charge in [-0.25, -0.2) is 9.18 Å². The van der Waals surface area contributed by atoms with Gasteiger partial charge < -0.3 is 19.9 Å². The second-order valence-electron chi connectivity index (χ2n) is 7.07. The van der Waals surface area contributed by atoms with Gasteiger partial charge in [-0.05, 0) is 66.6 Å². The number of nitrogens with zero attached hydrogens (tertiary/aromatic N) is 1. The fourth-order valence-electron chi connectivity index (χ4n) is 3.03. The number of nitrogens with one attached hydrogen (secondary N) is 1. The summed E-state index contributed by atoms with van der Waals surface area (Å²) in [5.74, 6) is -1.34. The molecule has 8 heteroatoms. The van der Waals surface area contributed by atoms with Crippen LogP contribution in [0.1, 0.15) is 28.4 Å². The van der Waals surface area contributed by atoms with Crippen LogP contribution in [0.25, 0.3) is 6.08 Å². The highest BCUT2D eigenvalue weighted by Gasteiger charge is 2.13. The van der Waals surface area contributed by atoms with Crippen LogP contribution in [0.5, 0.6) is 11.5 Å². The molecule has 2 N–H and O–H groups in total. The highest BCUT2D eigenvalue weighted by molar-refractivity contribution is 6.10. The van der Waals surface area contributed by atoms with E-state index in [4.69, 9.17) is 14.6 Å². The maximum atomic E-state index is 13.4. The third kappa shape index (κ3) is 6.43. The molecule has 0 bridgehead atoms. The van der Waals surface area contributed by atoms with Gasteiger partial charge in [-0.15, -0.1) is 0 Å². The zero-order valence-corrected chi connectivity index (χ0v) is 18.2. The summed E-state index contributed by atoms with van der Waals surface area (Å²) in [4.78, 5) is 23.7. The minimum absolute atomic E-state index is 0.00970. The molecular formula is C26H21FN2O5. The zero-order valence-electron chi connectivity index (χ0n) is 18.2. The average Bonchev–Trinajstić information content (AvgIpc) is 2.82. The number of carbonyl (C=O) groups is 2. The summed E-state index contributed by atoms with van der Waals surface area (Å²) in [5, 5.41) is 21.1. The third-order valence-electron chi connectivity index (χ3n) is 4.59. The number of hydrogen-bond donors (Lipinski definition) is 2. The quantitative estimate of drug-likeness (QED) is 0.342. The van der Waals surface area contributed by atoms with Crippen LogP contribution in [0.15, 0.2) is 72.3 Å². The topological polar surface area (TPSA) is 109 Å².